The molecule has 0 radical (unpaired) electrons. The van der Waals surface area contributed by atoms with Gasteiger partial charge in [0.25, 0.3) is 0 Å². The third kappa shape index (κ3) is 3.72. The lowest BCUT2D eigenvalue weighted by molar-refractivity contribution is 0.289. The number of nitrogens with one attached hydrogen (secondary N) is 1. The second-order valence-corrected chi connectivity index (χ2v) is 5.49. The fourth-order valence-electron chi connectivity index (χ4n) is 1.44. The van der Waals surface area contributed by atoms with Gasteiger partial charge < -0.3 is 10.1 Å². The van der Waals surface area contributed by atoms with E-state index in [0.29, 0.717) is 0 Å². The molecule has 3 heteroatoms. The summed E-state index contributed by atoms with van der Waals surface area (Å²) in [6, 6.07) is 5.86. The number of rotatable bonds is 4. The van der Waals surface area contributed by atoms with E-state index < -0.39 is 0 Å². The van der Waals surface area contributed by atoms with E-state index >= 15 is 0 Å². The summed E-state index contributed by atoms with van der Waals surface area (Å²) in [5.41, 5.74) is 0.0299. The van der Waals surface area contributed by atoms with Crippen molar-refractivity contribution in [2.75, 3.05) is 11.9 Å². The monoisotopic (exact) mass is 220 g/mol. The van der Waals surface area contributed by atoms with Crippen molar-refractivity contribution in [2.24, 2.45) is 5.92 Å². The van der Waals surface area contributed by atoms with Crippen molar-refractivity contribution < 1.29 is 4.74 Å². The molecule has 1 aromatic rings. The van der Waals surface area contributed by atoms with Gasteiger partial charge in [-0.3, -0.25) is 0 Å². The third-order valence-electron chi connectivity index (χ3n) is 2.39. The predicted octanol–water partition coefficient (Wildman–Crippen LogP) is 3.08. The molecule has 0 bridgehead atoms. The van der Waals surface area contributed by atoms with Gasteiger partial charge in [0.2, 0.25) is 5.88 Å². The molecule has 0 amide bonds. The largest absolute Gasteiger partial charge is 0.477 e. The van der Waals surface area contributed by atoms with Gasteiger partial charge in [-0.25, -0.2) is 0 Å². The summed E-state index contributed by atoms with van der Waals surface area (Å²) in [4.78, 5) is 4.42. The average Bonchev–Trinajstić information content (AvgIpc) is 2.96. The van der Waals surface area contributed by atoms with Gasteiger partial charge in [-0.15, -0.1) is 0 Å². The van der Waals surface area contributed by atoms with Crippen molar-refractivity contribution in [3.8, 4) is 5.88 Å². The molecule has 16 heavy (non-hydrogen) atoms. The number of nitrogens with zero attached hydrogens (tertiary/aromatic N) is 1. The number of anilines is 1. The van der Waals surface area contributed by atoms with Crippen LogP contribution in [0.1, 0.15) is 33.6 Å². The number of pyridine rings is 1. The van der Waals surface area contributed by atoms with E-state index in [0.717, 1.165) is 24.2 Å². The first-order valence-electron chi connectivity index (χ1n) is 5.91. The molecule has 1 N–H and O–H groups in total. The topological polar surface area (TPSA) is 34.1 Å². The zero-order valence-corrected chi connectivity index (χ0v) is 10.3. The Labute approximate surface area is 97.2 Å². The van der Waals surface area contributed by atoms with Crippen molar-refractivity contribution in [3.63, 3.8) is 0 Å². The first-order valence-corrected chi connectivity index (χ1v) is 5.91. The lowest BCUT2D eigenvalue weighted by Crippen LogP contribution is -2.26. The van der Waals surface area contributed by atoms with Gasteiger partial charge >= 0.3 is 0 Å². The van der Waals surface area contributed by atoms with Crippen LogP contribution < -0.4 is 10.1 Å². The van der Waals surface area contributed by atoms with Crippen molar-refractivity contribution in [3.05, 3.63) is 18.2 Å². The van der Waals surface area contributed by atoms with Crippen LogP contribution in [0.5, 0.6) is 5.88 Å². The molecule has 1 heterocycles. The Morgan fingerprint density at radius 2 is 2.12 bits per heavy atom. The van der Waals surface area contributed by atoms with Crippen LogP contribution in [0.25, 0.3) is 0 Å². The smallest absolute Gasteiger partial charge is 0.215 e. The van der Waals surface area contributed by atoms with Gasteiger partial charge in [-0.2, -0.15) is 4.98 Å². The quantitative estimate of drug-likeness (QED) is 0.846. The molecule has 0 unspecified atom stereocenters. The molecular formula is C13H20N2O. The maximum Gasteiger partial charge on any atom is 0.215 e. The fraction of sp³-hybridized carbons (Fsp3) is 0.615. The van der Waals surface area contributed by atoms with Crippen LogP contribution in [-0.4, -0.2) is 17.1 Å². The van der Waals surface area contributed by atoms with E-state index in [1.165, 1.54) is 12.8 Å². The number of hydrogen-bond acceptors (Lipinski definition) is 3. The summed E-state index contributed by atoms with van der Waals surface area (Å²) in [6.45, 7) is 7.16. The van der Waals surface area contributed by atoms with Crippen LogP contribution in [0.3, 0.4) is 0 Å². The van der Waals surface area contributed by atoms with E-state index in [9.17, 15) is 0 Å². The summed E-state index contributed by atoms with van der Waals surface area (Å²) < 4.78 is 5.63. The lowest BCUT2D eigenvalue weighted by Gasteiger charge is -2.21. The highest BCUT2D eigenvalue weighted by Crippen LogP contribution is 2.29. The second-order valence-electron chi connectivity index (χ2n) is 5.49. The fourth-order valence-corrected chi connectivity index (χ4v) is 1.44. The summed E-state index contributed by atoms with van der Waals surface area (Å²) in [5.74, 6) is 2.36. The minimum atomic E-state index is 0.0299. The Hall–Kier alpha value is -1.25. The van der Waals surface area contributed by atoms with Gasteiger partial charge in [0.1, 0.15) is 5.82 Å². The Kier molecular flexibility index (Phi) is 3.03. The molecule has 2 rings (SSSR count). The molecule has 88 valence electrons. The van der Waals surface area contributed by atoms with Gasteiger partial charge in [-0.05, 0) is 45.6 Å². The first-order chi connectivity index (χ1) is 7.53. The maximum absolute atomic E-state index is 5.63. The van der Waals surface area contributed by atoms with Crippen molar-refractivity contribution in [1.29, 1.82) is 0 Å². The summed E-state index contributed by atoms with van der Waals surface area (Å²) >= 11 is 0. The zero-order valence-electron chi connectivity index (χ0n) is 10.3. The van der Waals surface area contributed by atoms with E-state index in [-0.39, 0.29) is 5.54 Å². The van der Waals surface area contributed by atoms with Crippen LogP contribution in [0.4, 0.5) is 5.82 Å². The first kappa shape index (κ1) is 11.2. The van der Waals surface area contributed by atoms with Gasteiger partial charge in [0.15, 0.2) is 0 Å². The number of ether oxygens (including phenoxy) is 1. The molecule has 0 atom stereocenters. The van der Waals surface area contributed by atoms with Crippen molar-refractivity contribution >= 4 is 5.82 Å². The summed E-state index contributed by atoms with van der Waals surface area (Å²) in [6.07, 6.45) is 2.61. The van der Waals surface area contributed by atoms with Gasteiger partial charge in [-0.1, -0.05) is 6.07 Å². The molecule has 1 fully saturated rings. The van der Waals surface area contributed by atoms with Crippen LogP contribution >= 0.6 is 0 Å². The number of aromatic nitrogens is 1. The molecule has 3 nitrogen and oxygen atoms in total. The van der Waals surface area contributed by atoms with E-state index in [1.807, 2.05) is 18.2 Å². The highest BCUT2D eigenvalue weighted by Gasteiger charge is 2.22. The van der Waals surface area contributed by atoms with Crippen LogP contribution in [0, 0.1) is 5.92 Å². The number of hydrogen-bond donors (Lipinski definition) is 1. The zero-order chi connectivity index (χ0) is 11.6. The molecule has 0 saturated heterocycles. The second kappa shape index (κ2) is 4.32. The Balaban J connectivity index is 1.95. The van der Waals surface area contributed by atoms with E-state index in [1.54, 1.807) is 0 Å². The highest BCUT2D eigenvalue weighted by molar-refractivity contribution is 5.39. The maximum atomic E-state index is 5.63. The molecule has 1 aliphatic rings. The average molecular weight is 220 g/mol. The molecule has 1 aromatic heterocycles. The highest BCUT2D eigenvalue weighted by atomic mass is 16.5. The van der Waals surface area contributed by atoms with Gasteiger partial charge in [0, 0.05) is 11.6 Å². The lowest BCUT2D eigenvalue weighted by atomic mass is 10.1. The summed E-state index contributed by atoms with van der Waals surface area (Å²) in [7, 11) is 0. The molecule has 0 spiro atoms. The van der Waals surface area contributed by atoms with E-state index in [4.69, 9.17) is 4.74 Å². The molecule has 0 aliphatic heterocycles. The minimum Gasteiger partial charge on any atom is -0.477 e. The predicted molar refractivity (Wildman–Crippen MR) is 65.8 cm³/mol. The standard InChI is InChI=1S/C13H20N2O/c1-13(2,3)15-11-5-4-6-12(14-11)16-9-10-7-8-10/h4-6,10H,7-9H2,1-3H3,(H,14,15). The van der Waals surface area contributed by atoms with Crippen LogP contribution in [0.15, 0.2) is 18.2 Å². The van der Waals surface area contributed by atoms with Gasteiger partial charge in [0.05, 0.1) is 6.61 Å². The molecule has 0 aromatic carbocycles. The van der Waals surface area contributed by atoms with Crippen LogP contribution in [0.2, 0.25) is 0 Å². The molecular weight excluding hydrogens is 200 g/mol. The van der Waals surface area contributed by atoms with Crippen LogP contribution in [-0.2, 0) is 0 Å². The third-order valence-corrected chi connectivity index (χ3v) is 2.39. The minimum absolute atomic E-state index is 0.0299. The van der Waals surface area contributed by atoms with Crippen molar-refractivity contribution in [1.82, 2.24) is 4.98 Å². The van der Waals surface area contributed by atoms with E-state index in [2.05, 4.69) is 31.1 Å². The Bertz CT molecular complexity index is 353. The molecule has 1 saturated carbocycles. The Morgan fingerprint density at radius 3 is 2.75 bits per heavy atom. The normalized spacial score (nSPS) is 15.9. The Morgan fingerprint density at radius 1 is 1.38 bits per heavy atom. The molecule has 1 aliphatic carbocycles. The summed E-state index contributed by atoms with van der Waals surface area (Å²) in [5, 5.41) is 3.33. The van der Waals surface area contributed by atoms with Crippen molar-refractivity contribution in [2.45, 2.75) is 39.2 Å². The SMILES string of the molecule is CC(C)(C)Nc1cccc(OCC2CC2)n1.